The van der Waals surface area contributed by atoms with Gasteiger partial charge in [-0.15, -0.1) is 0 Å². The van der Waals surface area contributed by atoms with Crippen LogP contribution in [0.3, 0.4) is 0 Å². The maximum absolute atomic E-state index is 13.4. The molecular formula is C27H24F2N4O3. The molecule has 0 radical (unpaired) electrons. The first-order valence-electron chi connectivity index (χ1n) is 10.9. The van der Waals surface area contributed by atoms with E-state index in [9.17, 15) is 18.4 Å². The minimum atomic E-state index is -2.92. The lowest BCUT2D eigenvalue weighted by Gasteiger charge is -2.32. The van der Waals surface area contributed by atoms with Gasteiger partial charge in [-0.05, 0) is 53.8 Å². The summed E-state index contributed by atoms with van der Waals surface area (Å²) in [5.41, 5.74) is 2.08. The van der Waals surface area contributed by atoms with Crippen LogP contribution in [0.4, 0.5) is 8.78 Å². The van der Waals surface area contributed by atoms with Gasteiger partial charge in [-0.2, -0.15) is 0 Å². The highest BCUT2D eigenvalue weighted by atomic mass is 19.3. The number of imidazole rings is 1. The quantitative estimate of drug-likeness (QED) is 0.269. The number of aromatic nitrogens is 2. The lowest BCUT2D eigenvalue weighted by atomic mass is 9.84. The van der Waals surface area contributed by atoms with Crippen LogP contribution in [-0.2, 0) is 11.3 Å². The molecule has 1 aromatic heterocycles. The molecule has 36 heavy (non-hydrogen) atoms. The van der Waals surface area contributed by atoms with Crippen LogP contribution in [0, 0.1) is 29.1 Å². The van der Waals surface area contributed by atoms with Crippen molar-refractivity contribution >= 4 is 11.8 Å². The molecule has 9 heteroatoms. The zero-order chi connectivity index (χ0) is 26.1. The number of alkyl halides is 2. The summed E-state index contributed by atoms with van der Waals surface area (Å²) >= 11 is 0. The van der Waals surface area contributed by atoms with Crippen LogP contribution >= 0.6 is 0 Å². The number of halogens is 2. The molecule has 0 aliphatic rings. The van der Waals surface area contributed by atoms with Crippen molar-refractivity contribution in [3.8, 4) is 23.7 Å². The molecular weight excluding hydrogens is 466 g/mol. The number of carbonyl (C=O) groups is 2. The van der Waals surface area contributed by atoms with Crippen LogP contribution in [0.2, 0.25) is 0 Å². The van der Waals surface area contributed by atoms with Gasteiger partial charge in [-0.25, -0.2) is 19.2 Å². The van der Waals surface area contributed by atoms with E-state index in [1.807, 2.05) is 35.0 Å². The lowest BCUT2D eigenvalue weighted by molar-refractivity contribution is -0.137. The second-order valence-corrected chi connectivity index (χ2v) is 8.51. The number of nitrogens with zero attached hydrogens (tertiary/aromatic N) is 2. The molecule has 0 unspecified atom stereocenters. The number of hydrogen-bond acceptors (Lipinski definition) is 4. The molecule has 0 fully saturated rings. The van der Waals surface area contributed by atoms with Gasteiger partial charge in [0.2, 0.25) is 6.43 Å². The summed E-state index contributed by atoms with van der Waals surface area (Å²) in [5, 5.41) is 11.1. The van der Waals surface area contributed by atoms with Gasteiger partial charge in [0.1, 0.15) is 6.04 Å². The van der Waals surface area contributed by atoms with Crippen LogP contribution in [0.25, 0.3) is 0 Å². The van der Waals surface area contributed by atoms with E-state index in [1.54, 1.807) is 24.7 Å². The first kappa shape index (κ1) is 26.1. The van der Waals surface area contributed by atoms with Crippen LogP contribution in [0.1, 0.15) is 40.9 Å². The highest BCUT2D eigenvalue weighted by Gasteiger charge is 2.43. The minimum absolute atomic E-state index is 0.142. The van der Waals surface area contributed by atoms with E-state index in [1.165, 1.54) is 17.6 Å². The molecule has 0 spiro atoms. The van der Waals surface area contributed by atoms with E-state index in [4.69, 9.17) is 5.21 Å². The maximum atomic E-state index is 13.4. The monoisotopic (exact) mass is 490 g/mol. The number of amides is 2. The zero-order valence-corrected chi connectivity index (χ0v) is 19.6. The van der Waals surface area contributed by atoms with Crippen molar-refractivity contribution in [1.29, 1.82) is 0 Å². The van der Waals surface area contributed by atoms with Crippen LogP contribution in [0.5, 0.6) is 0 Å². The predicted octanol–water partition coefficient (Wildman–Crippen LogP) is 3.23. The minimum Gasteiger partial charge on any atom is -0.339 e. The number of hydroxylamine groups is 1. The van der Waals surface area contributed by atoms with Gasteiger partial charge in [0.15, 0.2) is 0 Å². The second kappa shape index (κ2) is 11.8. The van der Waals surface area contributed by atoms with Gasteiger partial charge in [0, 0.05) is 35.6 Å². The van der Waals surface area contributed by atoms with E-state index in [-0.39, 0.29) is 5.56 Å². The van der Waals surface area contributed by atoms with Crippen molar-refractivity contribution in [2.75, 3.05) is 0 Å². The van der Waals surface area contributed by atoms with Crippen molar-refractivity contribution < 1.29 is 23.6 Å². The second-order valence-electron chi connectivity index (χ2n) is 8.51. The Morgan fingerprint density at radius 2 is 1.61 bits per heavy atom. The van der Waals surface area contributed by atoms with Gasteiger partial charge < -0.3 is 9.88 Å². The van der Waals surface area contributed by atoms with Crippen molar-refractivity contribution in [2.45, 2.75) is 32.9 Å². The first-order valence-corrected chi connectivity index (χ1v) is 10.9. The lowest BCUT2D eigenvalue weighted by Crippen LogP contribution is -2.56. The molecule has 7 nitrogen and oxygen atoms in total. The average molecular weight is 491 g/mol. The predicted molar refractivity (Wildman–Crippen MR) is 129 cm³/mol. The summed E-state index contributed by atoms with van der Waals surface area (Å²) in [7, 11) is 0. The summed E-state index contributed by atoms with van der Waals surface area (Å²) in [5.74, 6) is 9.48. The maximum Gasteiger partial charge on any atom is 0.266 e. The summed E-state index contributed by atoms with van der Waals surface area (Å²) in [4.78, 5) is 28.4. The first-order chi connectivity index (χ1) is 17.2. The van der Waals surface area contributed by atoms with E-state index < -0.39 is 29.7 Å². The van der Waals surface area contributed by atoms with Gasteiger partial charge in [-0.3, -0.25) is 14.8 Å². The number of hydrogen-bond donors (Lipinski definition) is 3. The average Bonchev–Trinajstić information content (AvgIpc) is 3.38. The Morgan fingerprint density at radius 3 is 2.11 bits per heavy atom. The van der Waals surface area contributed by atoms with Crippen molar-refractivity contribution in [2.24, 2.45) is 5.41 Å². The van der Waals surface area contributed by atoms with E-state index >= 15 is 0 Å². The summed E-state index contributed by atoms with van der Waals surface area (Å²) in [6, 6.07) is 12.2. The molecule has 0 saturated heterocycles. The molecule has 1 atom stereocenters. The summed E-state index contributed by atoms with van der Waals surface area (Å²) in [6.45, 7) is 2.96. The molecule has 0 saturated carbocycles. The molecule has 2 amide bonds. The van der Waals surface area contributed by atoms with Crippen molar-refractivity contribution in [3.05, 3.63) is 89.5 Å². The number of rotatable bonds is 7. The van der Waals surface area contributed by atoms with Crippen molar-refractivity contribution in [1.82, 2.24) is 20.3 Å². The van der Waals surface area contributed by atoms with Crippen LogP contribution in [-0.4, -0.2) is 39.0 Å². The van der Waals surface area contributed by atoms with Gasteiger partial charge in [0.05, 0.1) is 11.7 Å². The van der Waals surface area contributed by atoms with Gasteiger partial charge >= 0.3 is 0 Å². The highest BCUT2D eigenvalue weighted by molar-refractivity contribution is 5.97. The standard InChI is InChI=1S/C27H24F2N4O3/c1-27(2,26(28)29)23(25(35)32-36)31-24(34)22-13-11-20(12-14-22)6-4-3-5-19-7-9-21(10-8-19)17-33-16-15-30-18-33/h7-16,18,23,26,36H,17H2,1-2H3,(H,31,34)(H,32,35)/t23-/m1/s1. The largest absolute Gasteiger partial charge is 0.339 e. The fourth-order valence-corrected chi connectivity index (χ4v) is 3.19. The topological polar surface area (TPSA) is 96.2 Å². The SMILES string of the molecule is CC(C)(C(F)F)[C@H](NC(=O)c1ccc(C#CC#Cc2ccc(Cn3ccnc3)cc2)cc1)C(=O)NO. The van der Waals surface area contributed by atoms with Crippen molar-refractivity contribution in [3.63, 3.8) is 0 Å². The molecule has 0 aliphatic carbocycles. The molecule has 3 rings (SSSR count). The Morgan fingerprint density at radius 1 is 1.03 bits per heavy atom. The molecule has 184 valence electrons. The van der Waals surface area contributed by atoms with Crippen LogP contribution in [0.15, 0.2) is 67.3 Å². The fraction of sp³-hybridized carbons (Fsp3) is 0.222. The van der Waals surface area contributed by atoms with E-state index in [0.717, 1.165) is 31.5 Å². The molecule has 0 aliphatic heterocycles. The van der Waals surface area contributed by atoms with E-state index in [2.05, 4.69) is 34.0 Å². The number of benzene rings is 2. The third-order valence-electron chi connectivity index (χ3n) is 5.46. The third kappa shape index (κ3) is 6.78. The normalized spacial score (nSPS) is 11.5. The fourth-order valence-electron chi connectivity index (χ4n) is 3.19. The summed E-state index contributed by atoms with van der Waals surface area (Å²) in [6.07, 6.45) is 2.46. The van der Waals surface area contributed by atoms with Crippen LogP contribution < -0.4 is 10.8 Å². The smallest absolute Gasteiger partial charge is 0.266 e. The number of carbonyl (C=O) groups excluding carboxylic acids is 2. The third-order valence-corrected chi connectivity index (χ3v) is 5.46. The molecule has 2 aromatic carbocycles. The summed E-state index contributed by atoms with van der Waals surface area (Å²) < 4.78 is 28.7. The van der Waals surface area contributed by atoms with Gasteiger partial charge in [0.25, 0.3) is 11.8 Å². The molecule has 1 heterocycles. The Bertz CT molecular complexity index is 1310. The highest BCUT2D eigenvalue weighted by Crippen LogP contribution is 2.29. The Hall–Kier alpha value is -4.47. The van der Waals surface area contributed by atoms with Gasteiger partial charge in [-0.1, -0.05) is 37.8 Å². The Labute approximate surface area is 207 Å². The zero-order valence-electron chi connectivity index (χ0n) is 19.6. The number of nitrogens with one attached hydrogen (secondary N) is 2. The Kier molecular flexibility index (Phi) is 8.56. The molecule has 3 N–H and O–H groups in total. The molecule has 0 bridgehead atoms. The Balaban J connectivity index is 1.62. The molecule has 3 aromatic rings. The van der Waals surface area contributed by atoms with E-state index in [0.29, 0.717) is 5.56 Å².